The van der Waals surface area contributed by atoms with E-state index in [1.54, 1.807) is 9.80 Å². The second-order valence-corrected chi connectivity index (χ2v) is 6.93. The number of thiophene rings is 1. The number of carbonyl (C=O) groups is 2. The summed E-state index contributed by atoms with van der Waals surface area (Å²) in [5.41, 5.74) is 0.999. The zero-order valence-corrected chi connectivity index (χ0v) is 15.1. The molecule has 3 rings (SSSR count). The van der Waals surface area contributed by atoms with Gasteiger partial charge in [0.15, 0.2) is 0 Å². The summed E-state index contributed by atoms with van der Waals surface area (Å²) in [6, 6.07) is 11.5. The minimum absolute atomic E-state index is 0.0303. The van der Waals surface area contributed by atoms with Gasteiger partial charge in [0.25, 0.3) is 5.91 Å². The van der Waals surface area contributed by atoms with E-state index in [0.717, 1.165) is 16.2 Å². The van der Waals surface area contributed by atoms with E-state index < -0.39 is 0 Å². The van der Waals surface area contributed by atoms with Crippen molar-refractivity contribution >= 4 is 23.2 Å². The average molecular weight is 358 g/mol. The van der Waals surface area contributed by atoms with Crippen LogP contribution in [0.2, 0.25) is 0 Å². The number of amides is 2. The van der Waals surface area contributed by atoms with Gasteiger partial charge in [-0.2, -0.15) is 0 Å². The molecule has 0 aliphatic carbocycles. The third-order valence-corrected chi connectivity index (χ3v) is 5.31. The number of carbonyl (C=O) groups excluding carboxylic acids is 2. The van der Waals surface area contributed by atoms with Gasteiger partial charge in [-0.3, -0.25) is 9.59 Å². The summed E-state index contributed by atoms with van der Waals surface area (Å²) in [5.74, 6) is 0.910. The maximum atomic E-state index is 12.6. The fourth-order valence-electron chi connectivity index (χ4n) is 2.83. The highest BCUT2D eigenvalue weighted by Crippen LogP contribution is 2.19. The molecule has 0 N–H and O–H groups in total. The number of aryl methyl sites for hydroxylation is 1. The highest BCUT2D eigenvalue weighted by molar-refractivity contribution is 7.12. The van der Waals surface area contributed by atoms with Crippen molar-refractivity contribution in [2.45, 2.75) is 13.3 Å². The second-order valence-electron chi connectivity index (χ2n) is 6.02. The van der Waals surface area contributed by atoms with E-state index in [0.29, 0.717) is 39.2 Å². The fourth-order valence-corrected chi connectivity index (χ4v) is 3.72. The smallest absolute Gasteiger partial charge is 0.264 e. The van der Waals surface area contributed by atoms with Crippen LogP contribution in [-0.4, -0.2) is 54.4 Å². The Kier molecular flexibility index (Phi) is 5.71. The molecule has 0 radical (unpaired) electrons. The van der Waals surface area contributed by atoms with Crippen molar-refractivity contribution in [3.05, 3.63) is 52.2 Å². The Morgan fingerprint density at radius 1 is 1.16 bits per heavy atom. The zero-order valence-electron chi connectivity index (χ0n) is 14.3. The zero-order chi connectivity index (χ0) is 17.6. The molecule has 1 saturated heterocycles. The highest BCUT2D eigenvalue weighted by Gasteiger charge is 2.25. The molecule has 6 heteroatoms. The Labute approximate surface area is 151 Å². The van der Waals surface area contributed by atoms with Crippen LogP contribution in [0.25, 0.3) is 0 Å². The molecular weight excluding hydrogens is 336 g/mol. The summed E-state index contributed by atoms with van der Waals surface area (Å²) in [6.45, 7) is 4.52. The first-order valence-corrected chi connectivity index (χ1v) is 9.32. The summed E-state index contributed by atoms with van der Waals surface area (Å²) < 4.78 is 5.67. The lowest BCUT2D eigenvalue weighted by atomic mass is 10.2. The van der Waals surface area contributed by atoms with E-state index in [2.05, 4.69) is 0 Å². The molecular formula is C19H22N2O3S. The number of rotatable bonds is 5. The van der Waals surface area contributed by atoms with Crippen molar-refractivity contribution in [3.8, 4) is 5.75 Å². The van der Waals surface area contributed by atoms with E-state index >= 15 is 0 Å². The third kappa shape index (κ3) is 4.39. The Morgan fingerprint density at radius 3 is 2.68 bits per heavy atom. The normalized spacial score (nSPS) is 15.2. The maximum absolute atomic E-state index is 12.6. The molecule has 2 heterocycles. The molecule has 0 bridgehead atoms. The highest BCUT2D eigenvalue weighted by atomic mass is 32.1. The first kappa shape index (κ1) is 17.5. The van der Waals surface area contributed by atoms with Crippen LogP contribution in [0.3, 0.4) is 0 Å². The van der Waals surface area contributed by atoms with Crippen molar-refractivity contribution in [2.24, 2.45) is 0 Å². The van der Waals surface area contributed by atoms with Gasteiger partial charge in [-0.05, 0) is 36.1 Å². The van der Waals surface area contributed by atoms with Crippen LogP contribution in [0, 0.1) is 6.92 Å². The fraction of sp³-hybridized carbons (Fsp3) is 0.368. The van der Waals surface area contributed by atoms with Crippen LogP contribution in [0.15, 0.2) is 41.8 Å². The number of nitrogens with zero attached hydrogens (tertiary/aromatic N) is 2. The Hall–Kier alpha value is -2.34. The van der Waals surface area contributed by atoms with Gasteiger partial charge in [0, 0.05) is 26.1 Å². The summed E-state index contributed by atoms with van der Waals surface area (Å²) in [5, 5.41) is 1.93. The van der Waals surface area contributed by atoms with Crippen LogP contribution in [0.1, 0.15) is 21.7 Å². The first-order chi connectivity index (χ1) is 12.1. The van der Waals surface area contributed by atoms with Crippen LogP contribution >= 0.6 is 11.3 Å². The van der Waals surface area contributed by atoms with Gasteiger partial charge in [0.2, 0.25) is 5.91 Å². The van der Waals surface area contributed by atoms with Crippen LogP contribution in [0.4, 0.5) is 0 Å². The number of ether oxygens (including phenoxy) is 1. The molecule has 2 amide bonds. The lowest BCUT2D eigenvalue weighted by molar-refractivity contribution is -0.130. The van der Waals surface area contributed by atoms with Gasteiger partial charge >= 0.3 is 0 Å². The summed E-state index contributed by atoms with van der Waals surface area (Å²) >= 11 is 1.46. The molecule has 0 spiro atoms. The first-order valence-electron chi connectivity index (χ1n) is 8.44. The van der Waals surface area contributed by atoms with Crippen molar-refractivity contribution in [1.29, 1.82) is 0 Å². The monoisotopic (exact) mass is 358 g/mol. The van der Waals surface area contributed by atoms with Crippen LogP contribution in [-0.2, 0) is 4.79 Å². The van der Waals surface area contributed by atoms with Crippen LogP contribution < -0.4 is 4.74 Å². The van der Waals surface area contributed by atoms with E-state index in [4.69, 9.17) is 4.74 Å². The predicted molar refractivity (Wildman–Crippen MR) is 98.1 cm³/mol. The Morgan fingerprint density at radius 2 is 1.96 bits per heavy atom. The van der Waals surface area contributed by atoms with Crippen molar-refractivity contribution in [3.63, 3.8) is 0 Å². The quantitative estimate of drug-likeness (QED) is 0.826. The third-order valence-electron chi connectivity index (χ3n) is 4.30. The summed E-state index contributed by atoms with van der Waals surface area (Å²) in [4.78, 5) is 29.3. The maximum Gasteiger partial charge on any atom is 0.264 e. The molecule has 1 aliphatic rings. The molecule has 5 nitrogen and oxygen atoms in total. The van der Waals surface area contributed by atoms with E-state index in [1.165, 1.54) is 11.3 Å². The number of hydrogen-bond acceptors (Lipinski definition) is 4. The van der Waals surface area contributed by atoms with Crippen molar-refractivity contribution in [1.82, 2.24) is 9.80 Å². The molecule has 1 aromatic heterocycles. The molecule has 0 atom stereocenters. The molecule has 132 valence electrons. The molecule has 0 unspecified atom stereocenters. The van der Waals surface area contributed by atoms with E-state index in [-0.39, 0.29) is 11.8 Å². The second kappa shape index (κ2) is 8.16. The molecule has 1 fully saturated rings. The molecule has 1 aromatic carbocycles. The number of benzene rings is 1. The average Bonchev–Trinajstić information content (AvgIpc) is 2.97. The largest absolute Gasteiger partial charge is 0.492 e. The predicted octanol–water partition coefficient (Wildman–Crippen LogP) is 2.81. The topological polar surface area (TPSA) is 49.9 Å². The number of hydrogen-bond donors (Lipinski definition) is 0. The number of para-hydroxylation sites is 1. The van der Waals surface area contributed by atoms with Crippen molar-refractivity contribution < 1.29 is 14.3 Å². The van der Waals surface area contributed by atoms with Gasteiger partial charge < -0.3 is 14.5 Å². The van der Waals surface area contributed by atoms with Gasteiger partial charge in [0.05, 0.1) is 11.4 Å². The minimum atomic E-state index is 0.0303. The van der Waals surface area contributed by atoms with Gasteiger partial charge in [-0.15, -0.1) is 11.3 Å². The van der Waals surface area contributed by atoms with E-state index in [1.807, 2.05) is 48.7 Å². The Bertz CT molecular complexity index is 729. The lowest BCUT2D eigenvalue weighted by Gasteiger charge is -2.22. The summed E-state index contributed by atoms with van der Waals surface area (Å²) in [7, 11) is 0. The van der Waals surface area contributed by atoms with Crippen molar-refractivity contribution in [2.75, 3.05) is 32.8 Å². The SMILES string of the molecule is Cc1ccsc1C(=O)N1CCC(=O)N(CCOc2ccccc2)CC1. The van der Waals surface area contributed by atoms with Gasteiger partial charge in [-0.25, -0.2) is 0 Å². The van der Waals surface area contributed by atoms with Gasteiger partial charge in [0.1, 0.15) is 12.4 Å². The standard InChI is InChI=1S/C19H22N2O3S/c1-15-8-14-25-18(15)19(23)21-9-7-17(22)20(10-11-21)12-13-24-16-5-3-2-4-6-16/h2-6,8,14H,7,9-13H2,1H3. The molecule has 1 aliphatic heterocycles. The molecule has 0 saturated carbocycles. The van der Waals surface area contributed by atoms with Gasteiger partial charge in [-0.1, -0.05) is 18.2 Å². The summed E-state index contributed by atoms with van der Waals surface area (Å²) in [6.07, 6.45) is 0.363. The Balaban J connectivity index is 1.53. The molecule has 2 aromatic rings. The lowest BCUT2D eigenvalue weighted by Crippen LogP contribution is -2.37. The minimum Gasteiger partial charge on any atom is -0.492 e. The molecule has 25 heavy (non-hydrogen) atoms. The van der Waals surface area contributed by atoms with E-state index in [9.17, 15) is 9.59 Å². The van der Waals surface area contributed by atoms with Crippen LogP contribution in [0.5, 0.6) is 5.75 Å².